The molecule has 1 N–H and O–H groups in total. The number of aromatic nitrogens is 2. The van der Waals surface area contributed by atoms with Crippen molar-refractivity contribution in [2.24, 2.45) is 5.92 Å². The van der Waals surface area contributed by atoms with E-state index in [9.17, 15) is 4.79 Å². The van der Waals surface area contributed by atoms with Gasteiger partial charge in [0, 0.05) is 30.0 Å². The van der Waals surface area contributed by atoms with Crippen molar-refractivity contribution < 1.29 is 9.21 Å². The second-order valence-electron chi connectivity index (χ2n) is 7.12. The number of carbonyl (C=O) groups excluding carboxylic acids is 1. The van der Waals surface area contributed by atoms with Crippen LogP contribution >= 0.6 is 0 Å². The fourth-order valence-corrected chi connectivity index (χ4v) is 4.35. The fourth-order valence-electron chi connectivity index (χ4n) is 4.35. The summed E-state index contributed by atoms with van der Waals surface area (Å²) < 4.78 is 6.13. The molecule has 128 valence electrons. The fraction of sp³-hybridized carbons (Fsp3) is 0.400. The molecule has 1 saturated carbocycles. The number of H-pyrrole nitrogens is 1. The molecule has 1 aliphatic heterocycles. The third-order valence-corrected chi connectivity index (χ3v) is 5.63. The SMILES string of the molecule is O=C(C1CCCC1)N1CCc2[nH]cnc2[C@H]1c1cc2ccccc2o1. The highest BCUT2D eigenvalue weighted by atomic mass is 16.3. The molecule has 0 saturated heterocycles. The first kappa shape index (κ1) is 14.8. The largest absolute Gasteiger partial charge is 0.458 e. The van der Waals surface area contributed by atoms with E-state index in [1.807, 2.05) is 29.2 Å². The van der Waals surface area contributed by atoms with Gasteiger partial charge in [0.25, 0.3) is 0 Å². The Hall–Kier alpha value is -2.56. The van der Waals surface area contributed by atoms with E-state index in [-0.39, 0.29) is 17.9 Å². The van der Waals surface area contributed by atoms with Crippen LogP contribution in [0.1, 0.15) is 48.9 Å². The molecule has 1 fully saturated rings. The lowest BCUT2D eigenvalue weighted by molar-refractivity contribution is -0.137. The van der Waals surface area contributed by atoms with E-state index in [0.717, 1.165) is 60.2 Å². The van der Waals surface area contributed by atoms with E-state index >= 15 is 0 Å². The molecule has 0 spiro atoms. The van der Waals surface area contributed by atoms with Gasteiger partial charge in [-0.15, -0.1) is 0 Å². The van der Waals surface area contributed by atoms with Gasteiger partial charge in [-0.3, -0.25) is 4.79 Å². The average Bonchev–Trinajstić information content (AvgIpc) is 3.39. The van der Waals surface area contributed by atoms with Gasteiger partial charge in [-0.1, -0.05) is 31.0 Å². The Kier molecular flexibility index (Phi) is 3.40. The van der Waals surface area contributed by atoms with Crippen LogP contribution in [0.25, 0.3) is 11.0 Å². The zero-order chi connectivity index (χ0) is 16.8. The maximum atomic E-state index is 13.2. The van der Waals surface area contributed by atoms with Gasteiger partial charge in [0.15, 0.2) is 0 Å². The Bertz CT molecular complexity index is 887. The number of imidazole rings is 1. The van der Waals surface area contributed by atoms with Crippen molar-refractivity contribution in [2.75, 3.05) is 6.54 Å². The van der Waals surface area contributed by atoms with Crippen LogP contribution in [-0.2, 0) is 11.2 Å². The number of hydrogen-bond acceptors (Lipinski definition) is 3. The summed E-state index contributed by atoms with van der Waals surface area (Å²) in [7, 11) is 0. The van der Waals surface area contributed by atoms with Gasteiger partial charge in [0.2, 0.25) is 5.91 Å². The Morgan fingerprint density at radius 1 is 1.24 bits per heavy atom. The van der Waals surface area contributed by atoms with E-state index in [2.05, 4.69) is 16.0 Å². The summed E-state index contributed by atoms with van der Waals surface area (Å²) in [4.78, 5) is 22.9. The summed E-state index contributed by atoms with van der Waals surface area (Å²) in [5, 5.41) is 1.06. The molecule has 0 radical (unpaired) electrons. The molecule has 1 aliphatic carbocycles. The highest BCUT2D eigenvalue weighted by Gasteiger charge is 2.39. The van der Waals surface area contributed by atoms with E-state index in [0.29, 0.717) is 6.54 Å². The summed E-state index contributed by atoms with van der Waals surface area (Å²) in [6, 6.07) is 9.81. The van der Waals surface area contributed by atoms with Crippen LogP contribution in [0.2, 0.25) is 0 Å². The smallest absolute Gasteiger partial charge is 0.226 e. The van der Waals surface area contributed by atoms with Crippen LogP contribution in [0.5, 0.6) is 0 Å². The summed E-state index contributed by atoms with van der Waals surface area (Å²) >= 11 is 0. The second-order valence-corrected chi connectivity index (χ2v) is 7.12. The second kappa shape index (κ2) is 5.76. The highest BCUT2D eigenvalue weighted by molar-refractivity contribution is 5.81. The predicted octanol–water partition coefficient (Wildman–Crippen LogP) is 3.82. The van der Waals surface area contributed by atoms with E-state index in [1.54, 1.807) is 6.33 Å². The number of nitrogens with zero attached hydrogens (tertiary/aromatic N) is 2. The summed E-state index contributed by atoms with van der Waals surface area (Å²) in [6.45, 7) is 0.715. The van der Waals surface area contributed by atoms with Gasteiger partial charge in [0.1, 0.15) is 17.4 Å². The zero-order valence-electron chi connectivity index (χ0n) is 14.1. The van der Waals surface area contributed by atoms with Crippen LogP contribution in [0.3, 0.4) is 0 Å². The van der Waals surface area contributed by atoms with Gasteiger partial charge in [-0.2, -0.15) is 0 Å². The van der Waals surface area contributed by atoms with Crippen LogP contribution < -0.4 is 0 Å². The van der Waals surface area contributed by atoms with E-state index in [1.165, 1.54) is 0 Å². The molecule has 1 atom stereocenters. The number of nitrogens with one attached hydrogen (secondary N) is 1. The molecule has 2 aliphatic rings. The van der Waals surface area contributed by atoms with Crippen molar-refractivity contribution in [3.63, 3.8) is 0 Å². The van der Waals surface area contributed by atoms with Crippen molar-refractivity contribution >= 4 is 16.9 Å². The molecule has 5 rings (SSSR count). The first-order valence-corrected chi connectivity index (χ1v) is 9.12. The molecule has 1 aromatic carbocycles. The van der Waals surface area contributed by atoms with Crippen molar-refractivity contribution in [2.45, 2.75) is 38.1 Å². The topological polar surface area (TPSA) is 62.1 Å². The summed E-state index contributed by atoms with van der Waals surface area (Å²) in [6.07, 6.45) is 6.89. The molecule has 25 heavy (non-hydrogen) atoms. The van der Waals surface area contributed by atoms with Gasteiger partial charge in [-0.05, 0) is 25.0 Å². The van der Waals surface area contributed by atoms with E-state index in [4.69, 9.17) is 4.42 Å². The van der Waals surface area contributed by atoms with Gasteiger partial charge in [-0.25, -0.2) is 4.98 Å². The Labute approximate surface area is 146 Å². The van der Waals surface area contributed by atoms with Crippen molar-refractivity contribution in [1.29, 1.82) is 0 Å². The molecular formula is C20H21N3O2. The summed E-state index contributed by atoms with van der Waals surface area (Å²) in [5.74, 6) is 1.23. The first-order valence-electron chi connectivity index (χ1n) is 9.12. The maximum absolute atomic E-state index is 13.2. The number of furan rings is 1. The number of carbonyl (C=O) groups is 1. The molecule has 5 nitrogen and oxygen atoms in total. The van der Waals surface area contributed by atoms with Crippen molar-refractivity contribution in [1.82, 2.24) is 14.9 Å². The van der Waals surface area contributed by atoms with Gasteiger partial charge < -0.3 is 14.3 Å². The first-order chi connectivity index (χ1) is 12.3. The Morgan fingerprint density at radius 3 is 2.92 bits per heavy atom. The monoisotopic (exact) mass is 335 g/mol. The number of benzene rings is 1. The normalized spacial score (nSPS) is 21.0. The minimum absolute atomic E-state index is 0.160. The number of fused-ring (bicyclic) bond motifs is 2. The highest BCUT2D eigenvalue weighted by Crippen LogP contribution is 2.38. The van der Waals surface area contributed by atoms with Crippen molar-refractivity contribution in [3.05, 3.63) is 53.8 Å². The minimum atomic E-state index is -0.226. The number of rotatable bonds is 2. The standard InChI is InChI=1S/C20H21N3O2/c24-20(13-5-1-2-6-13)23-10-9-15-18(22-12-21-15)19(23)17-11-14-7-3-4-8-16(14)25-17/h3-4,7-8,11-13,19H,1-2,5-6,9-10H2,(H,21,22)/t19-/m1/s1. The molecule has 2 aromatic heterocycles. The number of hydrogen-bond donors (Lipinski definition) is 1. The average molecular weight is 335 g/mol. The Balaban J connectivity index is 1.59. The maximum Gasteiger partial charge on any atom is 0.226 e. The lowest BCUT2D eigenvalue weighted by Crippen LogP contribution is -2.43. The molecule has 0 bridgehead atoms. The lowest BCUT2D eigenvalue weighted by Gasteiger charge is -2.35. The molecule has 0 unspecified atom stereocenters. The van der Waals surface area contributed by atoms with E-state index < -0.39 is 0 Å². The van der Waals surface area contributed by atoms with Crippen LogP contribution in [0, 0.1) is 5.92 Å². The Morgan fingerprint density at radius 2 is 2.08 bits per heavy atom. The number of amides is 1. The van der Waals surface area contributed by atoms with Crippen LogP contribution in [0.15, 0.2) is 41.1 Å². The zero-order valence-corrected chi connectivity index (χ0v) is 14.1. The van der Waals surface area contributed by atoms with Crippen LogP contribution in [0.4, 0.5) is 0 Å². The summed E-state index contributed by atoms with van der Waals surface area (Å²) in [5.41, 5.74) is 2.89. The number of aromatic amines is 1. The third kappa shape index (κ3) is 2.37. The molecule has 1 amide bonds. The molecular weight excluding hydrogens is 314 g/mol. The minimum Gasteiger partial charge on any atom is -0.458 e. The molecule has 3 aromatic rings. The van der Waals surface area contributed by atoms with Crippen LogP contribution in [-0.4, -0.2) is 27.3 Å². The predicted molar refractivity (Wildman–Crippen MR) is 94.0 cm³/mol. The van der Waals surface area contributed by atoms with Gasteiger partial charge in [0.05, 0.1) is 12.0 Å². The van der Waals surface area contributed by atoms with Gasteiger partial charge >= 0.3 is 0 Å². The third-order valence-electron chi connectivity index (χ3n) is 5.63. The molecule has 3 heterocycles. The number of para-hydroxylation sites is 1. The lowest BCUT2D eigenvalue weighted by atomic mass is 9.97. The molecule has 5 heteroatoms. The van der Waals surface area contributed by atoms with Crippen molar-refractivity contribution in [3.8, 4) is 0 Å². The quantitative estimate of drug-likeness (QED) is 0.774.